The molecule has 1 aliphatic rings. The average Bonchev–Trinajstić information content (AvgIpc) is 2.70. The Hall–Kier alpha value is -0.800. The Bertz CT molecular complexity index is 463. The van der Waals surface area contributed by atoms with E-state index in [-0.39, 0.29) is 6.04 Å². The van der Waals surface area contributed by atoms with Gasteiger partial charge in [-0.2, -0.15) is 0 Å². The Kier molecular flexibility index (Phi) is 4.84. The van der Waals surface area contributed by atoms with Crippen LogP contribution in [-0.4, -0.2) is 28.1 Å². The SMILES string of the molecule is CC(C)N(CCn1ccc2c1CC(C)(C)CC2N)C(C)C. The molecule has 0 spiro atoms. The topological polar surface area (TPSA) is 34.2 Å². The van der Waals surface area contributed by atoms with Crippen LogP contribution in [0.1, 0.15) is 65.3 Å². The van der Waals surface area contributed by atoms with E-state index in [2.05, 4.69) is 63.3 Å². The van der Waals surface area contributed by atoms with E-state index < -0.39 is 0 Å². The first-order valence-corrected chi connectivity index (χ1v) is 8.40. The Balaban J connectivity index is 2.13. The van der Waals surface area contributed by atoms with Gasteiger partial charge in [0.15, 0.2) is 0 Å². The number of nitrogens with zero attached hydrogens (tertiary/aromatic N) is 2. The van der Waals surface area contributed by atoms with Gasteiger partial charge in [-0.25, -0.2) is 0 Å². The van der Waals surface area contributed by atoms with E-state index >= 15 is 0 Å². The molecule has 120 valence electrons. The maximum Gasteiger partial charge on any atom is 0.0350 e. The Labute approximate surface area is 130 Å². The van der Waals surface area contributed by atoms with Crippen LogP contribution in [0.4, 0.5) is 0 Å². The van der Waals surface area contributed by atoms with E-state index in [0.717, 1.165) is 25.9 Å². The normalized spacial score (nSPS) is 21.3. The fraction of sp³-hybridized carbons (Fsp3) is 0.778. The van der Waals surface area contributed by atoms with Crippen LogP contribution in [0.2, 0.25) is 0 Å². The molecule has 1 heterocycles. The van der Waals surface area contributed by atoms with Gasteiger partial charge in [-0.3, -0.25) is 4.90 Å². The number of rotatable bonds is 5. The molecule has 0 saturated heterocycles. The van der Waals surface area contributed by atoms with Crippen molar-refractivity contribution < 1.29 is 0 Å². The molecular weight excluding hydrogens is 258 g/mol. The summed E-state index contributed by atoms with van der Waals surface area (Å²) < 4.78 is 2.44. The van der Waals surface area contributed by atoms with E-state index in [1.54, 1.807) is 0 Å². The second-order valence-electron chi connectivity index (χ2n) is 7.99. The van der Waals surface area contributed by atoms with Crippen molar-refractivity contribution in [2.75, 3.05) is 6.54 Å². The van der Waals surface area contributed by atoms with E-state index in [1.807, 2.05) is 0 Å². The van der Waals surface area contributed by atoms with Crippen LogP contribution in [0.15, 0.2) is 12.3 Å². The number of hydrogen-bond acceptors (Lipinski definition) is 2. The average molecular weight is 291 g/mol. The molecule has 1 atom stereocenters. The molecule has 0 amide bonds. The molecule has 3 nitrogen and oxygen atoms in total. The summed E-state index contributed by atoms with van der Waals surface area (Å²) in [4.78, 5) is 2.56. The zero-order valence-electron chi connectivity index (χ0n) is 14.7. The lowest BCUT2D eigenvalue weighted by Crippen LogP contribution is -2.39. The summed E-state index contributed by atoms with van der Waals surface area (Å²) in [6.07, 6.45) is 4.48. The molecule has 0 radical (unpaired) electrons. The molecule has 1 unspecified atom stereocenters. The third-order valence-electron chi connectivity index (χ3n) is 4.86. The highest BCUT2D eigenvalue weighted by molar-refractivity contribution is 5.30. The predicted molar refractivity (Wildman–Crippen MR) is 90.4 cm³/mol. The molecule has 0 aromatic carbocycles. The molecule has 0 fully saturated rings. The highest BCUT2D eigenvalue weighted by atomic mass is 15.2. The van der Waals surface area contributed by atoms with Gasteiger partial charge in [0.1, 0.15) is 0 Å². The summed E-state index contributed by atoms with van der Waals surface area (Å²) >= 11 is 0. The molecule has 0 saturated carbocycles. The molecule has 1 aromatic heterocycles. The molecule has 1 aromatic rings. The van der Waals surface area contributed by atoms with Gasteiger partial charge >= 0.3 is 0 Å². The summed E-state index contributed by atoms with van der Waals surface area (Å²) in [7, 11) is 0. The fourth-order valence-electron chi connectivity index (χ4n) is 3.84. The maximum atomic E-state index is 6.36. The summed E-state index contributed by atoms with van der Waals surface area (Å²) in [5.41, 5.74) is 9.52. The van der Waals surface area contributed by atoms with Crippen LogP contribution in [0.25, 0.3) is 0 Å². The summed E-state index contributed by atoms with van der Waals surface area (Å²) in [5.74, 6) is 0. The van der Waals surface area contributed by atoms with Crippen molar-refractivity contribution in [2.45, 2.75) is 79.1 Å². The van der Waals surface area contributed by atoms with Crippen molar-refractivity contribution in [1.82, 2.24) is 9.47 Å². The largest absolute Gasteiger partial charge is 0.350 e. The number of aromatic nitrogens is 1. The molecule has 2 N–H and O–H groups in total. The van der Waals surface area contributed by atoms with Gasteiger partial charge in [-0.1, -0.05) is 13.8 Å². The number of fused-ring (bicyclic) bond motifs is 1. The zero-order chi connectivity index (χ0) is 15.8. The monoisotopic (exact) mass is 291 g/mol. The standard InChI is InChI=1S/C18H33N3/c1-13(2)21(14(3)4)10-9-20-8-7-15-16(19)11-18(5,6)12-17(15)20/h7-8,13-14,16H,9-12,19H2,1-6H3. The van der Waals surface area contributed by atoms with Crippen LogP contribution < -0.4 is 5.73 Å². The lowest BCUT2D eigenvalue weighted by molar-refractivity contribution is 0.166. The van der Waals surface area contributed by atoms with E-state index in [1.165, 1.54) is 11.3 Å². The van der Waals surface area contributed by atoms with Crippen molar-refractivity contribution in [3.05, 3.63) is 23.5 Å². The lowest BCUT2D eigenvalue weighted by atomic mass is 9.74. The van der Waals surface area contributed by atoms with Gasteiger partial charge < -0.3 is 10.3 Å². The van der Waals surface area contributed by atoms with Crippen LogP contribution in [0.5, 0.6) is 0 Å². The van der Waals surface area contributed by atoms with E-state index in [0.29, 0.717) is 17.5 Å². The van der Waals surface area contributed by atoms with Crippen molar-refractivity contribution >= 4 is 0 Å². The number of hydrogen-bond donors (Lipinski definition) is 1. The highest BCUT2D eigenvalue weighted by Gasteiger charge is 2.32. The third-order valence-corrected chi connectivity index (χ3v) is 4.86. The summed E-state index contributed by atoms with van der Waals surface area (Å²) in [6, 6.07) is 3.63. The molecule has 3 heteroatoms. The van der Waals surface area contributed by atoms with Crippen LogP contribution >= 0.6 is 0 Å². The van der Waals surface area contributed by atoms with Crippen LogP contribution in [0, 0.1) is 5.41 Å². The predicted octanol–water partition coefficient (Wildman–Crippen LogP) is 3.58. The van der Waals surface area contributed by atoms with Gasteiger partial charge in [0.2, 0.25) is 0 Å². The van der Waals surface area contributed by atoms with Gasteiger partial charge in [0.25, 0.3) is 0 Å². The van der Waals surface area contributed by atoms with Crippen LogP contribution in [-0.2, 0) is 13.0 Å². The quantitative estimate of drug-likeness (QED) is 0.899. The highest BCUT2D eigenvalue weighted by Crippen LogP contribution is 2.39. The minimum absolute atomic E-state index is 0.205. The minimum atomic E-state index is 0.205. The molecule has 1 aliphatic carbocycles. The fourth-order valence-corrected chi connectivity index (χ4v) is 3.84. The second kappa shape index (κ2) is 6.13. The molecule has 2 rings (SSSR count). The Morgan fingerprint density at radius 3 is 2.48 bits per heavy atom. The number of nitrogens with two attached hydrogens (primary N) is 1. The van der Waals surface area contributed by atoms with Gasteiger partial charge in [0, 0.05) is 43.1 Å². The smallest absolute Gasteiger partial charge is 0.0350 e. The Morgan fingerprint density at radius 1 is 1.29 bits per heavy atom. The molecule has 0 aliphatic heterocycles. The van der Waals surface area contributed by atoms with Crippen molar-refractivity contribution in [3.8, 4) is 0 Å². The van der Waals surface area contributed by atoms with E-state index in [4.69, 9.17) is 5.73 Å². The first kappa shape index (κ1) is 16.6. The van der Waals surface area contributed by atoms with Crippen molar-refractivity contribution in [1.29, 1.82) is 0 Å². The first-order valence-electron chi connectivity index (χ1n) is 8.40. The van der Waals surface area contributed by atoms with Crippen molar-refractivity contribution in [2.24, 2.45) is 11.1 Å². The minimum Gasteiger partial charge on any atom is -0.350 e. The van der Waals surface area contributed by atoms with Gasteiger partial charge in [-0.15, -0.1) is 0 Å². The maximum absolute atomic E-state index is 6.36. The van der Waals surface area contributed by atoms with Crippen LogP contribution in [0.3, 0.4) is 0 Å². The third kappa shape index (κ3) is 3.70. The summed E-state index contributed by atoms with van der Waals surface area (Å²) in [5, 5.41) is 0. The first-order chi connectivity index (χ1) is 9.71. The molecule has 21 heavy (non-hydrogen) atoms. The molecular formula is C18H33N3. The van der Waals surface area contributed by atoms with E-state index in [9.17, 15) is 0 Å². The van der Waals surface area contributed by atoms with Gasteiger partial charge in [0.05, 0.1) is 0 Å². The van der Waals surface area contributed by atoms with Crippen molar-refractivity contribution in [3.63, 3.8) is 0 Å². The van der Waals surface area contributed by atoms with Gasteiger partial charge in [-0.05, 0) is 57.6 Å². The summed E-state index contributed by atoms with van der Waals surface area (Å²) in [6.45, 7) is 16.0. The second-order valence-corrected chi connectivity index (χ2v) is 7.99. The zero-order valence-corrected chi connectivity index (χ0v) is 14.7. The Morgan fingerprint density at radius 2 is 1.90 bits per heavy atom. The lowest BCUT2D eigenvalue weighted by Gasteiger charge is -2.35. The molecule has 0 bridgehead atoms.